The van der Waals surface area contributed by atoms with Crippen LogP contribution in [0, 0.1) is 0 Å². The first-order valence-corrected chi connectivity index (χ1v) is 8.26. The highest BCUT2D eigenvalue weighted by atomic mass is 35.5. The lowest BCUT2D eigenvalue weighted by molar-refractivity contribution is -0.115. The summed E-state index contributed by atoms with van der Waals surface area (Å²) in [7, 11) is 1.90. The summed E-state index contributed by atoms with van der Waals surface area (Å²) in [6, 6.07) is 5.44. The van der Waals surface area contributed by atoms with Crippen LogP contribution in [0.3, 0.4) is 0 Å². The van der Waals surface area contributed by atoms with Gasteiger partial charge in [-0.05, 0) is 31.4 Å². The van der Waals surface area contributed by atoms with Crippen molar-refractivity contribution in [2.24, 2.45) is 17.9 Å². The molecule has 0 radical (unpaired) electrons. The molecule has 0 saturated carbocycles. The van der Waals surface area contributed by atoms with E-state index in [4.69, 9.17) is 22.5 Å². The van der Waals surface area contributed by atoms with Crippen LogP contribution in [0.5, 0.6) is 0 Å². The largest absolute Gasteiger partial charge is 0.409 e. The fourth-order valence-electron chi connectivity index (χ4n) is 3.43. The molecule has 2 aromatic heterocycles. The molecule has 1 unspecified atom stereocenters. The number of amidine groups is 1. The number of aryl methyl sites for hydroxylation is 1. The van der Waals surface area contributed by atoms with E-state index >= 15 is 0 Å². The summed E-state index contributed by atoms with van der Waals surface area (Å²) in [6.07, 6.45) is 4.41. The van der Waals surface area contributed by atoms with Gasteiger partial charge in [0.05, 0.1) is 17.3 Å². The zero-order valence-electron chi connectivity index (χ0n) is 13.7. The number of rotatable bonds is 3. The Labute approximate surface area is 149 Å². The summed E-state index contributed by atoms with van der Waals surface area (Å²) in [6.45, 7) is 0.244. The third-order valence-electron chi connectivity index (χ3n) is 4.69. The van der Waals surface area contributed by atoms with Crippen molar-refractivity contribution in [1.29, 1.82) is 0 Å². The lowest BCUT2D eigenvalue weighted by atomic mass is 9.69. The molecule has 0 fully saturated rings. The third kappa shape index (κ3) is 3.05. The van der Waals surface area contributed by atoms with E-state index in [1.165, 1.54) is 0 Å². The zero-order chi connectivity index (χ0) is 18.0. The van der Waals surface area contributed by atoms with Gasteiger partial charge < -0.3 is 16.3 Å². The number of aromatic nitrogens is 3. The summed E-state index contributed by atoms with van der Waals surface area (Å²) >= 11 is 6.10. The molecule has 2 heterocycles. The number of pyridine rings is 1. The van der Waals surface area contributed by atoms with Crippen molar-refractivity contribution in [3.63, 3.8) is 0 Å². The highest BCUT2D eigenvalue weighted by Crippen LogP contribution is 2.41. The van der Waals surface area contributed by atoms with Crippen LogP contribution in [0.2, 0.25) is 5.15 Å². The fraction of sp³-hybridized carbons (Fsp3) is 0.375. The van der Waals surface area contributed by atoms with Crippen LogP contribution < -0.4 is 11.1 Å². The summed E-state index contributed by atoms with van der Waals surface area (Å²) < 4.78 is 1.85. The van der Waals surface area contributed by atoms with E-state index in [1.807, 2.05) is 30.1 Å². The van der Waals surface area contributed by atoms with E-state index in [1.54, 1.807) is 6.07 Å². The van der Waals surface area contributed by atoms with Gasteiger partial charge in [0.25, 0.3) is 5.91 Å². The second-order valence-corrected chi connectivity index (χ2v) is 6.46. The number of carbonyl (C=O) groups excluding carboxylic acids is 1. The number of fused-ring (bicyclic) bond motifs is 1. The van der Waals surface area contributed by atoms with Gasteiger partial charge >= 0.3 is 0 Å². The standard InChI is InChI=1S/C16H19ClN6O2/c1-23-11-4-3-7-16(10(11)8-20-23,9-19-15(24)14(18)22-25)12-5-2-6-13(17)21-12/h2,5-6,8,25H,3-4,7,9H2,1H3,(H2,18,22)(H,19,24). The topological polar surface area (TPSA) is 118 Å². The molecule has 1 amide bonds. The molecule has 0 bridgehead atoms. The van der Waals surface area contributed by atoms with Crippen LogP contribution in [0.15, 0.2) is 29.6 Å². The van der Waals surface area contributed by atoms with Crippen LogP contribution in [-0.4, -0.2) is 38.3 Å². The van der Waals surface area contributed by atoms with Gasteiger partial charge in [-0.1, -0.05) is 22.8 Å². The number of hydrogen-bond acceptors (Lipinski definition) is 5. The first kappa shape index (κ1) is 17.2. The van der Waals surface area contributed by atoms with Crippen LogP contribution in [0.25, 0.3) is 0 Å². The smallest absolute Gasteiger partial charge is 0.290 e. The Hall–Kier alpha value is -2.61. The molecule has 132 valence electrons. The minimum Gasteiger partial charge on any atom is -0.409 e. The lowest BCUT2D eigenvalue weighted by Gasteiger charge is -2.37. The first-order chi connectivity index (χ1) is 12.0. The number of nitrogens with two attached hydrogens (primary N) is 1. The maximum Gasteiger partial charge on any atom is 0.290 e. The van der Waals surface area contributed by atoms with Gasteiger partial charge in [-0.25, -0.2) is 4.98 Å². The molecule has 9 heteroatoms. The van der Waals surface area contributed by atoms with Crippen molar-refractivity contribution >= 4 is 23.3 Å². The normalized spacial score (nSPS) is 20.2. The Morgan fingerprint density at radius 2 is 2.36 bits per heavy atom. The molecule has 3 rings (SSSR count). The van der Waals surface area contributed by atoms with Crippen molar-refractivity contribution < 1.29 is 10.0 Å². The van der Waals surface area contributed by atoms with E-state index in [9.17, 15) is 4.79 Å². The molecule has 1 aliphatic rings. The van der Waals surface area contributed by atoms with Gasteiger partial charge in [0, 0.05) is 24.8 Å². The molecule has 1 aliphatic carbocycles. The SMILES string of the molecule is Cn1ncc2c1CCCC2(CNC(=O)/C(N)=N/O)c1cccc(Cl)n1. The van der Waals surface area contributed by atoms with Crippen molar-refractivity contribution in [3.05, 3.63) is 46.5 Å². The average Bonchev–Trinajstić information content (AvgIpc) is 3.01. The van der Waals surface area contributed by atoms with Gasteiger partial charge in [0.1, 0.15) is 5.15 Å². The highest BCUT2D eigenvalue weighted by molar-refractivity contribution is 6.37. The Morgan fingerprint density at radius 1 is 1.56 bits per heavy atom. The lowest BCUT2D eigenvalue weighted by Crippen LogP contribution is -2.47. The molecular formula is C16H19ClN6O2. The Balaban J connectivity index is 2.06. The van der Waals surface area contributed by atoms with Gasteiger partial charge in [-0.2, -0.15) is 5.10 Å². The van der Waals surface area contributed by atoms with E-state index in [-0.39, 0.29) is 6.54 Å². The summed E-state index contributed by atoms with van der Waals surface area (Å²) in [5.74, 6) is -1.13. The zero-order valence-corrected chi connectivity index (χ0v) is 14.5. The highest BCUT2D eigenvalue weighted by Gasteiger charge is 2.42. The molecule has 1 atom stereocenters. The van der Waals surface area contributed by atoms with E-state index < -0.39 is 17.2 Å². The molecular weight excluding hydrogens is 344 g/mol. The van der Waals surface area contributed by atoms with Gasteiger partial charge in [0.15, 0.2) is 0 Å². The average molecular weight is 363 g/mol. The number of carbonyl (C=O) groups is 1. The Bertz CT molecular complexity index is 834. The number of nitrogens with one attached hydrogen (secondary N) is 1. The number of amides is 1. The summed E-state index contributed by atoms with van der Waals surface area (Å²) in [5, 5.41) is 18.9. The maximum absolute atomic E-state index is 12.0. The van der Waals surface area contributed by atoms with Crippen LogP contribution in [-0.2, 0) is 23.7 Å². The molecule has 0 aromatic carbocycles. The molecule has 4 N–H and O–H groups in total. The molecule has 0 saturated heterocycles. The monoisotopic (exact) mass is 362 g/mol. The second-order valence-electron chi connectivity index (χ2n) is 6.08. The maximum atomic E-state index is 12.0. The Morgan fingerprint density at radius 3 is 3.08 bits per heavy atom. The summed E-state index contributed by atoms with van der Waals surface area (Å²) in [4.78, 5) is 16.5. The molecule has 0 aliphatic heterocycles. The molecule has 25 heavy (non-hydrogen) atoms. The van der Waals surface area contributed by atoms with Crippen molar-refractivity contribution in [3.8, 4) is 0 Å². The van der Waals surface area contributed by atoms with Gasteiger partial charge in [0.2, 0.25) is 5.84 Å². The van der Waals surface area contributed by atoms with E-state index in [2.05, 4.69) is 20.6 Å². The van der Waals surface area contributed by atoms with E-state index in [0.29, 0.717) is 5.15 Å². The van der Waals surface area contributed by atoms with Crippen molar-refractivity contribution in [2.45, 2.75) is 24.7 Å². The number of nitrogens with zero attached hydrogens (tertiary/aromatic N) is 4. The predicted octanol–water partition coefficient (Wildman–Crippen LogP) is 0.954. The minimum atomic E-state index is -0.639. The predicted molar refractivity (Wildman–Crippen MR) is 92.6 cm³/mol. The molecule has 8 nitrogen and oxygen atoms in total. The summed E-state index contributed by atoms with van der Waals surface area (Å²) in [5.41, 5.74) is 7.67. The third-order valence-corrected chi connectivity index (χ3v) is 4.90. The van der Waals surface area contributed by atoms with Crippen molar-refractivity contribution in [1.82, 2.24) is 20.1 Å². The Kier molecular flexibility index (Phi) is 4.63. The van der Waals surface area contributed by atoms with Crippen LogP contribution in [0.4, 0.5) is 0 Å². The number of halogens is 1. The minimum absolute atomic E-state index is 0.244. The number of hydrogen-bond donors (Lipinski definition) is 3. The number of oxime groups is 1. The van der Waals surface area contributed by atoms with Crippen molar-refractivity contribution in [2.75, 3.05) is 6.54 Å². The first-order valence-electron chi connectivity index (χ1n) is 7.88. The molecule has 0 spiro atoms. The van der Waals surface area contributed by atoms with Gasteiger partial charge in [-0.3, -0.25) is 9.48 Å². The second kappa shape index (κ2) is 6.72. The fourth-order valence-corrected chi connectivity index (χ4v) is 3.60. The van der Waals surface area contributed by atoms with Crippen LogP contribution >= 0.6 is 11.6 Å². The van der Waals surface area contributed by atoms with Gasteiger partial charge in [-0.15, -0.1) is 0 Å². The van der Waals surface area contributed by atoms with E-state index in [0.717, 1.165) is 36.2 Å². The quantitative estimate of drug-likeness (QED) is 0.247. The molecule has 2 aromatic rings. The van der Waals surface area contributed by atoms with Crippen LogP contribution in [0.1, 0.15) is 29.8 Å².